The summed E-state index contributed by atoms with van der Waals surface area (Å²) in [7, 11) is 0. The van der Waals surface area contributed by atoms with Crippen molar-refractivity contribution in [2.75, 3.05) is 11.1 Å². The number of ether oxygens (including phenoxy) is 1. The van der Waals surface area contributed by atoms with Crippen LogP contribution in [0.5, 0.6) is 5.75 Å². The molecule has 9 heteroatoms. The molecule has 0 aliphatic carbocycles. The molecule has 1 atom stereocenters. The van der Waals surface area contributed by atoms with Gasteiger partial charge in [0, 0.05) is 11.0 Å². The Morgan fingerprint density at radius 2 is 2.16 bits per heavy atom. The Kier molecular flexibility index (Phi) is 8.17. The minimum Gasteiger partial charge on any atom is -0.483 e. The highest BCUT2D eigenvalue weighted by Crippen LogP contribution is 2.27. The summed E-state index contributed by atoms with van der Waals surface area (Å²) in [5.74, 6) is 1.41. The van der Waals surface area contributed by atoms with Gasteiger partial charge in [0.15, 0.2) is 17.1 Å². The van der Waals surface area contributed by atoms with Gasteiger partial charge in [-0.15, -0.1) is 16.8 Å². The van der Waals surface area contributed by atoms with Crippen molar-refractivity contribution >= 4 is 50.9 Å². The van der Waals surface area contributed by atoms with E-state index in [0.717, 1.165) is 15.8 Å². The number of allylic oxidation sites excluding steroid dienone is 1. The number of nitrogens with one attached hydrogen (secondary N) is 1. The van der Waals surface area contributed by atoms with E-state index in [1.165, 1.54) is 11.8 Å². The summed E-state index contributed by atoms with van der Waals surface area (Å²) >= 11 is 10.8. The summed E-state index contributed by atoms with van der Waals surface area (Å²) in [6, 6.07) is 13.1. The highest BCUT2D eigenvalue weighted by atomic mass is 79.9. The van der Waals surface area contributed by atoms with Gasteiger partial charge in [0.25, 0.3) is 0 Å². The third-order valence-electron chi connectivity index (χ3n) is 4.26. The van der Waals surface area contributed by atoms with Gasteiger partial charge in [0.1, 0.15) is 5.75 Å². The number of benzene rings is 2. The number of amides is 1. The number of nitrogens with zero attached hydrogens (tertiary/aromatic N) is 3. The highest BCUT2D eigenvalue weighted by molar-refractivity contribution is 9.10. The molecule has 1 unspecified atom stereocenters. The summed E-state index contributed by atoms with van der Waals surface area (Å²) in [4.78, 5) is 12.4. The lowest BCUT2D eigenvalue weighted by Crippen LogP contribution is -2.15. The van der Waals surface area contributed by atoms with Gasteiger partial charge in [-0.2, -0.15) is 0 Å². The lowest BCUT2D eigenvalue weighted by Gasteiger charge is -2.16. The van der Waals surface area contributed by atoms with Crippen LogP contribution < -0.4 is 10.1 Å². The Hall–Kier alpha value is -2.29. The number of carbonyl (C=O) groups excluding carboxylic acids is 1. The van der Waals surface area contributed by atoms with Crippen molar-refractivity contribution < 1.29 is 9.53 Å². The molecule has 0 fully saturated rings. The molecule has 1 heterocycles. The second-order valence-electron chi connectivity index (χ2n) is 6.78. The van der Waals surface area contributed by atoms with E-state index in [-0.39, 0.29) is 17.8 Å². The van der Waals surface area contributed by atoms with Crippen LogP contribution >= 0.6 is 39.3 Å². The molecule has 0 aliphatic heterocycles. The van der Waals surface area contributed by atoms with E-state index in [2.05, 4.69) is 38.0 Å². The monoisotopic (exact) mass is 520 g/mol. The molecular formula is C22H22BrClN4O2S. The van der Waals surface area contributed by atoms with Crippen LogP contribution in [0.1, 0.15) is 24.4 Å². The zero-order chi connectivity index (χ0) is 22.4. The average molecular weight is 522 g/mol. The second kappa shape index (κ2) is 10.8. The summed E-state index contributed by atoms with van der Waals surface area (Å²) in [5, 5.41) is 12.5. The SMILES string of the molecule is C=CCn1c(SCC(=O)Nc2ccc(Br)cc2Cl)nnc1C(C)Oc1cccc(C)c1. The standard InChI is InChI=1S/C22H22BrClN4O2S/c1-4-10-28-21(15(3)30-17-7-5-6-14(2)11-17)26-27-22(28)31-13-20(29)25-19-9-8-16(23)12-18(19)24/h4-9,11-12,15H,1,10,13H2,2-3H3,(H,25,29). The van der Waals surface area contributed by atoms with E-state index in [0.29, 0.717) is 28.2 Å². The quantitative estimate of drug-likeness (QED) is 0.274. The molecular weight excluding hydrogens is 500 g/mol. The van der Waals surface area contributed by atoms with Crippen LogP contribution in [0.4, 0.5) is 5.69 Å². The first-order chi connectivity index (χ1) is 14.9. The van der Waals surface area contributed by atoms with Gasteiger partial charge in [-0.3, -0.25) is 9.36 Å². The number of aromatic nitrogens is 3. The van der Waals surface area contributed by atoms with E-state index in [4.69, 9.17) is 16.3 Å². The van der Waals surface area contributed by atoms with Crippen molar-refractivity contribution in [2.24, 2.45) is 0 Å². The van der Waals surface area contributed by atoms with E-state index in [1.54, 1.807) is 18.2 Å². The maximum absolute atomic E-state index is 12.4. The van der Waals surface area contributed by atoms with Crippen LogP contribution in [0.15, 0.2) is 64.7 Å². The van der Waals surface area contributed by atoms with Crippen LogP contribution in [-0.4, -0.2) is 26.4 Å². The molecule has 0 bridgehead atoms. The molecule has 0 aliphatic rings. The summed E-state index contributed by atoms with van der Waals surface area (Å²) in [5.41, 5.74) is 1.68. The number of aryl methyl sites for hydroxylation is 1. The first-order valence-corrected chi connectivity index (χ1v) is 11.7. The fourth-order valence-electron chi connectivity index (χ4n) is 2.86. The maximum atomic E-state index is 12.4. The molecule has 0 saturated heterocycles. The number of carbonyl (C=O) groups is 1. The maximum Gasteiger partial charge on any atom is 0.234 e. The molecule has 0 spiro atoms. The molecule has 6 nitrogen and oxygen atoms in total. The Morgan fingerprint density at radius 1 is 1.35 bits per heavy atom. The number of thioether (sulfide) groups is 1. The Balaban J connectivity index is 1.68. The van der Waals surface area contributed by atoms with Crippen molar-refractivity contribution in [3.05, 3.63) is 76.0 Å². The van der Waals surface area contributed by atoms with Crippen molar-refractivity contribution in [1.82, 2.24) is 14.8 Å². The molecule has 2 aromatic carbocycles. The highest BCUT2D eigenvalue weighted by Gasteiger charge is 2.20. The van der Waals surface area contributed by atoms with Gasteiger partial charge in [0.2, 0.25) is 5.91 Å². The zero-order valence-corrected chi connectivity index (χ0v) is 20.3. The molecule has 1 N–H and O–H groups in total. The molecule has 1 amide bonds. The number of hydrogen-bond acceptors (Lipinski definition) is 5. The molecule has 3 aromatic rings. The van der Waals surface area contributed by atoms with E-state index in [1.807, 2.05) is 48.7 Å². The van der Waals surface area contributed by atoms with Gasteiger partial charge in [-0.25, -0.2) is 0 Å². The van der Waals surface area contributed by atoms with Crippen LogP contribution in [0, 0.1) is 6.92 Å². The van der Waals surface area contributed by atoms with Crippen molar-refractivity contribution in [3.8, 4) is 5.75 Å². The summed E-state index contributed by atoms with van der Waals surface area (Å²) < 4.78 is 8.79. The molecule has 162 valence electrons. The third kappa shape index (κ3) is 6.35. The number of halogens is 2. The predicted molar refractivity (Wildman–Crippen MR) is 129 cm³/mol. The number of rotatable bonds is 9. The fourth-order valence-corrected chi connectivity index (χ4v) is 4.34. The third-order valence-corrected chi connectivity index (χ3v) is 6.03. The van der Waals surface area contributed by atoms with Crippen LogP contribution in [-0.2, 0) is 11.3 Å². The van der Waals surface area contributed by atoms with Crippen molar-refractivity contribution in [2.45, 2.75) is 31.7 Å². The van der Waals surface area contributed by atoms with Gasteiger partial charge >= 0.3 is 0 Å². The second-order valence-corrected chi connectivity index (χ2v) is 9.04. The lowest BCUT2D eigenvalue weighted by atomic mass is 10.2. The average Bonchev–Trinajstić information content (AvgIpc) is 3.12. The minimum atomic E-state index is -0.320. The first kappa shape index (κ1) is 23.4. The molecule has 31 heavy (non-hydrogen) atoms. The minimum absolute atomic E-state index is 0.161. The Morgan fingerprint density at radius 3 is 2.87 bits per heavy atom. The predicted octanol–water partition coefficient (Wildman–Crippen LogP) is 6.06. The van der Waals surface area contributed by atoms with Gasteiger partial charge in [-0.05, 0) is 49.7 Å². The van der Waals surface area contributed by atoms with Crippen molar-refractivity contribution in [1.29, 1.82) is 0 Å². The van der Waals surface area contributed by atoms with E-state index < -0.39 is 0 Å². The van der Waals surface area contributed by atoms with Gasteiger partial charge < -0.3 is 10.1 Å². The van der Waals surface area contributed by atoms with E-state index in [9.17, 15) is 4.79 Å². The van der Waals surface area contributed by atoms with Gasteiger partial charge in [0.05, 0.1) is 16.5 Å². The summed E-state index contributed by atoms with van der Waals surface area (Å²) in [6.45, 7) is 8.25. The molecule has 1 aromatic heterocycles. The fraction of sp³-hybridized carbons (Fsp3) is 0.227. The Bertz CT molecular complexity index is 1090. The molecule has 0 saturated carbocycles. The van der Waals surface area contributed by atoms with Crippen LogP contribution in [0.2, 0.25) is 5.02 Å². The topological polar surface area (TPSA) is 69.0 Å². The molecule has 0 radical (unpaired) electrons. The summed E-state index contributed by atoms with van der Waals surface area (Å²) in [6.07, 6.45) is 1.44. The normalized spacial score (nSPS) is 11.7. The largest absolute Gasteiger partial charge is 0.483 e. The van der Waals surface area contributed by atoms with Crippen LogP contribution in [0.25, 0.3) is 0 Å². The first-order valence-electron chi connectivity index (χ1n) is 9.52. The zero-order valence-electron chi connectivity index (χ0n) is 17.1. The van der Waals surface area contributed by atoms with Crippen LogP contribution in [0.3, 0.4) is 0 Å². The van der Waals surface area contributed by atoms with E-state index >= 15 is 0 Å². The molecule has 3 rings (SSSR count). The number of hydrogen-bond donors (Lipinski definition) is 1. The lowest BCUT2D eigenvalue weighted by molar-refractivity contribution is -0.113. The smallest absolute Gasteiger partial charge is 0.234 e. The number of anilines is 1. The van der Waals surface area contributed by atoms with Gasteiger partial charge in [-0.1, -0.05) is 57.5 Å². The van der Waals surface area contributed by atoms with Crippen molar-refractivity contribution in [3.63, 3.8) is 0 Å². The Labute approximate surface area is 199 Å².